The quantitative estimate of drug-likeness (QED) is 0.905. The zero-order valence-corrected chi connectivity index (χ0v) is 13.0. The van der Waals surface area contributed by atoms with Crippen molar-refractivity contribution in [2.45, 2.75) is 32.2 Å². The maximum atomic E-state index is 11.3. The SMILES string of the molecule is CCCc1nc(C2CN(C)CCCN2C)ncc1C(=O)O. The Labute approximate surface area is 125 Å². The van der Waals surface area contributed by atoms with Gasteiger partial charge in [0.05, 0.1) is 17.3 Å². The van der Waals surface area contributed by atoms with Crippen LogP contribution < -0.4 is 0 Å². The first kappa shape index (κ1) is 15.9. The van der Waals surface area contributed by atoms with Crippen LogP contribution in [0.15, 0.2) is 6.20 Å². The number of hydrogen-bond acceptors (Lipinski definition) is 5. The van der Waals surface area contributed by atoms with Crippen molar-refractivity contribution in [2.24, 2.45) is 0 Å². The van der Waals surface area contributed by atoms with E-state index in [0.29, 0.717) is 12.1 Å². The first-order chi connectivity index (χ1) is 10.0. The minimum absolute atomic E-state index is 0.121. The summed E-state index contributed by atoms with van der Waals surface area (Å²) in [6.07, 6.45) is 4.13. The molecule has 116 valence electrons. The van der Waals surface area contributed by atoms with E-state index in [0.717, 1.165) is 38.3 Å². The van der Waals surface area contributed by atoms with Crippen LogP contribution in [0.2, 0.25) is 0 Å². The number of aromatic nitrogens is 2. The van der Waals surface area contributed by atoms with Crippen LogP contribution in [0, 0.1) is 0 Å². The number of carboxylic acids is 1. The summed E-state index contributed by atoms with van der Waals surface area (Å²) in [4.78, 5) is 24.7. The number of aryl methyl sites for hydroxylation is 1. The largest absolute Gasteiger partial charge is 0.478 e. The molecule has 6 heteroatoms. The highest BCUT2D eigenvalue weighted by Crippen LogP contribution is 2.21. The summed E-state index contributed by atoms with van der Waals surface area (Å²) in [6.45, 7) is 4.96. The maximum absolute atomic E-state index is 11.3. The molecule has 1 aromatic rings. The van der Waals surface area contributed by atoms with Crippen LogP contribution in [0.25, 0.3) is 0 Å². The van der Waals surface area contributed by atoms with Gasteiger partial charge in [0.1, 0.15) is 5.82 Å². The second kappa shape index (κ2) is 6.95. The number of likely N-dealkylation sites (N-methyl/N-ethyl adjacent to an activating group) is 2. The standard InChI is InChI=1S/C15H24N4O2/c1-4-6-12-11(15(20)21)9-16-14(17-12)13-10-18(2)7-5-8-19(13)3/h9,13H,4-8,10H2,1-3H3,(H,20,21). The predicted octanol–water partition coefficient (Wildman–Crippen LogP) is 1.44. The summed E-state index contributed by atoms with van der Waals surface area (Å²) in [5, 5.41) is 9.23. The predicted molar refractivity (Wildman–Crippen MR) is 80.5 cm³/mol. The number of hydrogen-bond donors (Lipinski definition) is 1. The van der Waals surface area contributed by atoms with Gasteiger partial charge in [-0.05, 0) is 40.0 Å². The Kier molecular flexibility index (Phi) is 5.25. The number of rotatable bonds is 4. The molecule has 1 unspecified atom stereocenters. The fourth-order valence-electron chi connectivity index (χ4n) is 2.75. The molecule has 0 radical (unpaired) electrons. The maximum Gasteiger partial charge on any atom is 0.339 e. The molecular formula is C15H24N4O2. The van der Waals surface area contributed by atoms with Gasteiger partial charge in [-0.15, -0.1) is 0 Å². The van der Waals surface area contributed by atoms with E-state index in [4.69, 9.17) is 0 Å². The zero-order chi connectivity index (χ0) is 15.4. The van der Waals surface area contributed by atoms with Gasteiger partial charge in [-0.1, -0.05) is 13.3 Å². The van der Waals surface area contributed by atoms with Crippen molar-refractivity contribution in [3.8, 4) is 0 Å². The summed E-state index contributed by atoms with van der Waals surface area (Å²) in [7, 11) is 4.18. The minimum Gasteiger partial charge on any atom is -0.478 e. The van der Waals surface area contributed by atoms with Crippen molar-refractivity contribution < 1.29 is 9.90 Å². The molecule has 1 aromatic heterocycles. The Morgan fingerprint density at radius 1 is 1.43 bits per heavy atom. The van der Waals surface area contributed by atoms with E-state index in [1.165, 1.54) is 6.20 Å². The van der Waals surface area contributed by atoms with E-state index in [-0.39, 0.29) is 11.6 Å². The Balaban J connectivity index is 2.33. The normalized spacial score (nSPS) is 21.2. The number of nitrogens with zero attached hydrogens (tertiary/aromatic N) is 4. The van der Waals surface area contributed by atoms with Crippen molar-refractivity contribution in [2.75, 3.05) is 33.7 Å². The van der Waals surface area contributed by atoms with E-state index in [2.05, 4.69) is 33.9 Å². The van der Waals surface area contributed by atoms with Gasteiger partial charge in [0.2, 0.25) is 0 Å². The lowest BCUT2D eigenvalue weighted by Gasteiger charge is -2.26. The molecule has 0 amide bonds. The van der Waals surface area contributed by atoms with Gasteiger partial charge < -0.3 is 10.0 Å². The second-order valence-corrected chi connectivity index (χ2v) is 5.76. The van der Waals surface area contributed by atoms with Gasteiger partial charge >= 0.3 is 5.97 Å². The molecule has 6 nitrogen and oxygen atoms in total. The molecule has 2 heterocycles. The number of aromatic carboxylic acids is 1. The van der Waals surface area contributed by atoms with Crippen LogP contribution in [0.4, 0.5) is 0 Å². The average Bonchev–Trinajstić information content (AvgIpc) is 2.60. The van der Waals surface area contributed by atoms with E-state index in [1.54, 1.807) is 0 Å². The molecule has 1 fully saturated rings. The van der Waals surface area contributed by atoms with Gasteiger partial charge in [-0.25, -0.2) is 14.8 Å². The Morgan fingerprint density at radius 2 is 2.19 bits per heavy atom. The molecule has 0 aromatic carbocycles. The molecule has 0 saturated carbocycles. The first-order valence-electron chi connectivity index (χ1n) is 7.50. The van der Waals surface area contributed by atoms with Gasteiger partial charge in [0.15, 0.2) is 0 Å². The highest BCUT2D eigenvalue weighted by atomic mass is 16.4. The van der Waals surface area contributed by atoms with E-state index in [9.17, 15) is 9.90 Å². The Hall–Kier alpha value is -1.53. The third-order valence-electron chi connectivity index (χ3n) is 3.97. The van der Waals surface area contributed by atoms with Gasteiger partial charge in [0.25, 0.3) is 0 Å². The van der Waals surface area contributed by atoms with E-state index < -0.39 is 5.97 Å². The second-order valence-electron chi connectivity index (χ2n) is 5.76. The number of carboxylic acid groups (broad SMARTS) is 1. The van der Waals surface area contributed by atoms with E-state index >= 15 is 0 Å². The lowest BCUT2D eigenvalue weighted by molar-refractivity contribution is 0.0694. The molecule has 1 N–H and O–H groups in total. The third-order valence-corrected chi connectivity index (χ3v) is 3.97. The third kappa shape index (κ3) is 3.77. The summed E-state index contributed by atoms with van der Waals surface area (Å²) < 4.78 is 0. The van der Waals surface area contributed by atoms with Crippen LogP contribution in [-0.2, 0) is 6.42 Å². The fourth-order valence-corrected chi connectivity index (χ4v) is 2.75. The fraction of sp³-hybridized carbons (Fsp3) is 0.667. The summed E-state index contributed by atoms with van der Waals surface area (Å²) >= 11 is 0. The molecule has 1 aliphatic rings. The highest BCUT2D eigenvalue weighted by Gasteiger charge is 2.25. The zero-order valence-electron chi connectivity index (χ0n) is 13.0. The molecule has 0 aliphatic carbocycles. The summed E-state index contributed by atoms with van der Waals surface area (Å²) in [6, 6.07) is 0.121. The van der Waals surface area contributed by atoms with Crippen LogP contribution in [0.1, 0.15) is 47.7 Å². The van der Waals surface area contributed by atoms with Gasteiger partial charge in [0, 0.05) is 12.7 Å². The molecule has 0 spiro atoms. The van der Waals surface area contributed by atoms with Gasteiger partial charge in [-0.3, -0.25) is 4.90 Å². The smallest absolute Gasteiger partial charge is 0.339 e. The monoisotopic (exact) mass is 292 g/mol. The van der Waals surface area contributed by atoms with Crippen LogP contribution in [0.5, 0.6) is 0 Å². The summed E-state index contributed by atoms with van der Waals surface area (Å²) in [5.74, 6) is -0.212. The van der Waals surface area contributed by atoms with Crippen molar-refractivity contribution in [3.05, 3.63) is 23.3 Å². The Morgan fingerprint density at radius 3 is 2.86 bits per heavy atom. The van der Waals surface area contributed by atoms with Crippen LogP contribution in [0.3, 0.4) is 0 Å². The van der Waals surface area contributed by atoms with Crippen molar-refractivity contribution in [1.82, 2.24) is 19.8 Å². The lowest BCUT2D eigenvalue weighted by Crippen LogP contribution is -2.32. The van der Waals surface area contributed by atoms with Crippen LogP contribution >= 0.6 is 0 Å². The topological polar surface area (TPSA) is 69.6 Å². The van der Waals surface area contributed by atoms with Crippen molar-refractivity contribution in [1.29, 1.82) is 0 Å². The summed E-state index contributed by atoms with van der Waals surface area (Å²) in [5.41, 5.74) is 0.875. The first-order valence-corrected chi connectivity index (χ1v) is 7.50. The van der Waals surface area contributed by atoms with E-state index in [1.807, 2.05) is 6.92 Å². The average molecular weight is 292 g/mol. The molecular weight excluding hydrogens is 268 g/mol. The molecule has 1 aliphatic heterocycles. The molecule has 1 atom stereocenters. The van der Waals surface area contributed by atoms with Gasteiger partial charge in [-0.2, -0.15) is 0 Å². The lowest BCUT2D eigenvalue weighted by atomic mass is 10.1. The van der Waals surface area contributed by atoms with Crippen molar-refractivity contribution in [3.63, 3.8) is 0 Å². The van der Waals surface area contributed by atoms with Crippen molar-refractivity contribution >= 4 is 5.97 Å². The number of carbonyl (C=O) groups is 1. The molecule has 0 bridgehead atoms. The minimum atomic E-state index is -0.948. The molecule has 1 saturated heterocycles. The molecule has 2 rings (SSSR count). The Bertz CT molecular complexity index is 506. The highest BCUT2D eigenvalue weighted by molar-refractivity contribution is 5.88. The molecule has 21 heavy (non-hydrogen) atoms. The van der Waals surface area contributed by atoms with Crippen LogP contribution in [-0.4, -0.2) is 64.6 Å².